The van der Waals surface area contributed by atoms with Gasteiger partial charge >= 0.3 is 5.97 Å². The van der Waals surface area contributed by atoms with Gasteiger partial charge in [0.1, 0.15) is 29.6 Å². The first-order valence-corrected chi connectivity index (χ1v) is 12.2. The normalized spacial score (nSPS) is 14.6. The molecule has 0 aromatic heterocycles. The molecule has 0 aliphatic heterocycles. The van der Waals surface area contributed by atoms with Gasteiger partial charge in [0.05, 0.1) is 18.6 Å². The van der Waals surface area contributed by atoms with Gasteiger partial charge in [-0.05, 0) is 42.3 Å². The average Bonchev–Trinajstić information content (AvgIpc) is 2.87. The Bertz CT molecular complexity index is 1200. The number of carbonyl (C=O) groups is 5. The van der Waals surface area contributed by atoms with Crippen LogP contribution < -0.4 is 27.4 Å². The third kappa shape index (κ3) is 9.89. The van der Waals surface area contributed by atoms with Crippen LogP contribution in [-0.4, -0.2) is 80.3 Å². The lowest BCUT2D eigenvalue weighted by molar-refractivity contribution is -0.142. The molecule has 14 nitrogen and oxygen atoms in total. The van der Waals surface area contributed by atoms with Gasteiger partial charge in [-0.15, -0.1) is 0 Å². The zero-order valence-corrected chi connectivity index (χ0v) is 21.6. The molecule has 2 aromatic rings. The molecule has 0 radical (unpaired) electrons. The fourth-order valence-corrected chi connectivity index (χ4v) is 3.65. The summed E-state index contributed by atoms with van der Waals surface area (Å²) in [6, 6.07) is 5.64. The van der Waals surface area contributed by atoms with Gasteiger partial charge in [0, 0.05) is 12.8 Å². The molecule has 11 N–H and O–H groups in total. The second-order valence-electron chi connectivity index (χ2n) is 9.21. The zero-order valence-electron chi connectivity index (χ0n) is 21.6. The van der Waals surface area contributed by atoms with Gasteiger partial charge in [-0.2, -0.15) is 0 Å². The fraction of sp³-hybridized carbons (Fsp3) is 0.346. The van der Waals surface area contributed by atoms with Crippen LogP contribution in [0.25, 0.3) is 0 Å². The van der Waals surface area contributed by atoms with Crippen molar-refractivity contribution >= 4 is 29.6 Å². The summed E-state index contributed by atoms with van der Waals surface area (Å²) >= 11 is 0. The Labute approximate surface area is 229 Å². The molecule has 0 aliphatic rings. The Morgan fingerprint density at radius 3 is 1.62 bits per heavy atom. The Kier molecular flexibility index (Phi) is 11.4. The second kappa shape index (κ2) is 14.5. The number of aliphatic hydroxyl groups excluding tert-OH is 1. The molecule has 0 spiro atoms. The Balaban J connectivity index is 2.26. The lowest BCUT2D eigenvalue weighted by Crippen LogP contribution is -2.60. The van der Waals surface area contributed by atoms with E-state index in [2.05, 4.69) is 16.0 Å². The van der Waals surface area contributed by atoms with E-state index in [4.69, 9.17) is 11.5 Å². The van der Waals surface area contributed by atoms with Crippen molar-refractivity contribution in [3.8, 4) is 11.5 Å². The van der Waals surface area contributed by atoms with Crippen molar-refractivity contribution in [3.63, 3.8) is 0 Å². The highest BCUT2D eigenvalue weighted by atomic mass is 16.4. The second-order valence-corrected chi connectivity index (χ2v) is 9.21. The zero-order chi connectivity index (χ0) is 30.0. The van der Waals surface area contributed by atoms with Crippen LogP contribution in [-0.2, 0) is 36.8 Å². The van der Waals surface area contributed by atoms with E-state index >= 15 is 0 Å². The number of phenols is 2. The molecule has 0 fully saturated rings. The molecule has 0 bridgehead atoms. The summed E-state index contributed by atoms with van der Waals surface area (Å²) < 4.78 is 0. The largest absolute Gasteiger partial charge is 0.508 e. The van der Waals surface area contributed by atoms with Gasteiger partial charge in [0.25, 0.3) is 0 Å². The predicted octanol–water partition coefficient (Wildman–Crippen LogP) is -1.99. The highest BCUT2D eigenvalue weighted by molar-refractivity contribution is 5.95. The molecule has 0 saturated carbocycles. The van der Waals surface area contributed by atoms with Crippen molar-refractivity contribution in [3.05, 3.63) is 59.7 Å². The number of aliphatic hydroxyl groups is 1. The smallest absolute Gasteiger partial charge is 0.326 e. The van der Waals surface area contributed by atoms with E-state index in [9.17, 15) is 44.4 Å². The molecule has 14 heteroatoms. The molecular formula is C26H33N5O9. The number of hydrogen-bond acceptors (Lipinski definition) is 9. The standard InChI is InChI=1S/C26H33N5O9/c1-13(32)22(31-23(36)18(27)12-21(28)35)25(38)29-19(10-14-2-6-16(33)7-3-14)24(37)30-20(26(39)40)11-15-4-8-17(34)9-5-15/h2-9,13,18-20,22,32-34H,10-12,27H2,1H3,(H2,28,35)(H,29,38)(H,30,37)(H,31,36)(H,39,40). The van der Waals surface area contributed by atoms with E-state index in [1.54, 1.807) is 0 Å². The molecule has 216 valence electrons. The average molecular weight is 560 g/mol. The van der Waals surface area contributed by atoms with Gasteiger partial charge in [-0.3, -0.25) is 19.2 Å². The SMILES string of the molecule is CC(O)C(NC(=O)C(N)CC(N)=O)C(=O)NC(Cc1ccc(O)cc1)C(=O)NC(Cc1ccc(O)cc1)C(=O)O. The van der Waals surface area contributed by atoms with Crippen LogP contribution in [0.1, 0.15) is 24.5 Å². The molecule has 5 unspecified atom stereocenters. The lowest BCUT2D eigenvalue weighted by Gasteiger charge is -2.26. The minimum Gasteiger partial charge on any atom is -0.508 e. The monoisotopic (exact) mass is 559 g/mol. The molecule has 40 heavy (non-hydrogen) atoms. The first-order chi connectivity index (χ1) is 18.8. The number of rotatable bonds is 14. The number of carboxylic acid groups (broad SMARTS) is 1. The van der Waals surface area contributed by atoms with Crippen molar-refractivity contribution < 1.29 is 44.4 Å². The third-order valence-corrected chi connectivity index (χ3v) is 5.82. The summed E-state index contributed by atoms with van der Waals surface area (Å²) in [4.78, 5) is 61.6. The number of aromatic hydroxyl groups is 2. The highest BCUT2D eigenvalue weighted by Gasteiger charge is 2.33. The molecule has 5 atom stereocenters. The Morgan fingerprint density at radius 2 is 1.20 bits per heavy atom. The number of aliphatic carboxylic acids is 1. The number of hydrogen-bond donors (Lipinski definition) is 9. The van der Waals surface area contributed by atoms with Crippen molar-refractivity contribution in [1.82, 2.24) is 16.0 Å². The number of primary amides is 1. The van der Waals surface area contributed by atoms with Crippen molar-refractivity contribution in [2.45, 2.75) is 56.5 Å². The van der Waals surface area contributed by atoms with Crippen LogP contribution in [0.15, 0.2) is 48.5 Å². The number of carbonyl (C=O) groups excluding carboxylic acids is 4. The number of benzene rings is 2. The summed E-state index contributed by atoms with van der Waals surface area (Å²) in [6.07, 6.45) is -2.25. The summed E-state index contributed by atoms with van der Waals surface area (Å²) in [7, 11) is 0. The number of phenolic OH excluding ortho intramolecular Hbond substituents is 2. The van der Waals surface area contributed by atoms with Crippen molar-refractivity contribution in [1.29, 1.82) is 0 Å². The van der Waals surface area contributed by atoms with E-state index in [-0.39, 0.29) is 24.3 Å². The van der Waals surface area contributed by atoms with Crippen LogP contribution in [0.3, 0.4) is 0 Å². The Hall–Kier alpha value is -4.69. The van der Waals surface area contributed by atoms with E-state index < -0.39 is 66.3 Å². The highest BCUT2D eigenvalue weighted by Crippen LogP contribution is 2.14. The quantitative estimate of drug-likeness (QED) is 0.123. The van der Waals surface area contributed by atoms with Crippen molar-refractivity contribution in [2.75, 3.05) is 0 Å². The molecular weight excluding hydrogens is 526 g/mol. The molecule has 0 saturated heterocycles. The van der Waals surface area contributed by atoms with Gasteiger partial charge in [-0.1, -0.05) is 24.3 Å². The Morgan fingerprint density at radius 1 is 0.750 bits per heavy atom. The maximum absolute atomic E-state index is 13.3. The summed E-state index contributed by atoms with van der Waals surface area (Å²) in [5.74, 6) is -5.09. The predicted molar refractivity (Wildman–Crippen MR) is 141 cm³/mol. The number of nitrogens with two attached hydrogens (primary N) is 2. The number of nitrogens with one attached hydrogen (secondary N) is 3. The summed E-state index contributed by atoms with van der Waals surface area (Å²) in [6.45, 7) is 1.21. The number of amides is 4. The van der Waals surface area contributed by atoms with Crippen LogP contribution in [0.2, 0.25) is 0 Å². The fourth-order valence-electron chi connectivity index (χ4n) is 3.65. The van der Waals surface area contributed by atoms with Crippen LogP contribution >= 0.6 is 0 Å². The number of carboxylic acids is 1. The molecule has 2 aromatic carbocycles. The van der Waals surface area contributed by atoms with Crippen molar-refractivity contribution in [2.24, 2.45) is 11.5 Å². The van der Waals surface area contributed by atoms with E-state index in [0.717, 1.165) is 0 Å². The molecule has 0 heterocycles. The summed E-state index contributed by atoms with van der Waals surface area (Å²) in [5, 5.41) is 45.9. The maximum atomic E-state index is 13.3. The van der Waals surface area contributed by atoms with Gasteiger partial charge in [0.15, 0.2) is 0 Å². The topological polar surface area (TPSA) is 254 Å². The first kappa shape index (κ1) is 31.5. The lowest BCUT2D eigenvalue weighted by atomic mass is 10.0. The van der Waals surface area contributed by atoms with E-state index in [1.165, 1.54) is 55.5 Å². The minimum absolute atomic E-state index is 0.0216. The van der Waals surface area contributed by atoms with Gasteiger partial charge < -0.3 is 47.8 Å². The maximum Gasteiger partial charge on any atom is 0.326 e. The minimum atomic E-state index is -1.59. The molecule has 2 rings (SSSR count). The molecule has 4 amide bonds. The van der Waals surface area contributed by atoms with Gasteiger partial charge in [0.2, 0.25) is 23.6 Å². The van der Waals surface area contributed by atoms with Crippen LogP contribution in [0, 0.1) is 0 Å². The van der Waals surface area contributed by atoms with Crippen LogP contribution in [0.4, 0.5) is 0 Å². The molecule has 0 aliphatic carbocycles. The van der Waals surface area contributed by atoms with Crippen LogP contribution in [0.5, 0.6) is 11.5 Å². The van der Waals surface area contributed by atoms with E-state index in [1.807, 2.05) is 0 Å². The summed E-state index contributed by atoms with van der Waals surface area (Å²) in [5.41, 5.74) is 11.6. The van der Waals surface area contributed by atoms with E-state index in [0.29, 0.717) is 11.1 Å². The van der Waals surface area contributed by atoms with Gasteiger partial charge in [-0.25, -0.2) is 4.79 Å². The third-order valence-electron chi connectivity index (χ3n) is 5.82. The first-order valence-electron chi connectivity index (χ1n) is 12.2.